The summed E-state index contributed by atoms with van der Waals surface area (Å²) in [5, 5.41) is 0. The third-order valence-electron chi connectivity index (χ3n) is 8.53. The lowest BCUT2D eigenvalue weighted by Crippen LogP contribution is -2.38. The summed E-state index contributed by atoms with van der Waals surface area (Å²) < 4.78 is 0. The van der Waals surface area contributed by atoms with Gasteiger partial charge < -0.3 is 19.8 Å². The van der Waals surface area contributed by atoms with Crippen LogP contribution in [0.1, 0.15) is 69.9 Å². The van der Waals surface area contributed by atoms with Crippen molar-refractivity contribution in [1.29, 1.82) is 0 Å². The van der Waals surface area contributed by atoms with Gasteiger partial charge in [0.05, 0.1) is 22.1 Å². The topological polar surface area (TPSA) is 98.0 Å². The van der Waals surface area contributed by atoms with Crippen LogP contribution in [0.5, 0.6) is 0 Å². The molecule has 2 N–H and O–H groups in total. The van der Waals surface area contributed by atoms with Gasteiger partial charge in [-0.05, 0) is 74.2 Å². The van der Waals surface area contributed by atoms with Gasteiger partial charge >= 0.3 is 0 Å². The van der Waals surface area contributed by atoms with E-state index in [1.807, 2.05) is 58.3 Å². The molecule has 0 radical (unpaired) electrons. The van der Waals surface area contributed by atoms with Crippen molar-refractivity contribution in [3.8, 4) is 0 Å². The molecule has 3 aromatic carbocycles. The van der Waals surface area contributed by atoms with Gasteiger partial charge in [-0.25, -0.2) is 9.97 Å². The minimum atomic E-state index is 0.0219. The summed E-state index contributed by atoms with van der Waals surface area (Å²) >= 11 is 0. The minimum Gasteiger partial charge on any atom is -0.342 e. The van der Waals surface area contributed by atoms with Crippen molar-refractivity contribution >= 4 is 33.9 Å². The van der Waals surface area contributed by atoms with Crippen molar-refractivity contribution in [3.63, 3.8) is 0 Å². The fraction of sp³-hybridized carbons (Fsp3) is 0.312. The Hall–Kier alpha value is -4.46. The van der Waals surface area contributed by atoms with Gasteiger partial charge in [-0.3, -0.25) is 9.59 Å². The fourth-order valence-corrected chi connectivity index (χ4v) is 6.16. The molecule has 0 bridgehead atoms. The molecule has 2 aliphatic heterocycles. The lowest BCUT2D eigenvalue weighted by Gasteiger charge is -2.32. The van der Waals surface area contributed by atoms with E-state index in [1.165, 1.54) is 0 Å². The third-order valence-corrected chi connectivity index (χ3v) is 8.53. The van der Waals surface area contributed by atoms with E-state index in [1.54, 1.807) is 24.3 Å². The second-order valence-electron chi connectivity index (χ2n) is 11.0. The van der Waals surface area contributed by atoms with Crippen molar-refractivity contribution in [2.24, 2.45) is 0 Å². The van der Waals surface area contributed by atoms with Crippen LogP contribution in [-0.4, -0.2) is 67.7 Å². The first-order valence-corrected chi connectivity index (χ1v) is 14.2. The summed E-state index contributed by atoms with van der Waals surface area (Å²) in [6, 6.07) is 23.3. The van der Waals surface area contributed by atoms with Crippen molar-refractivity contribution in [1.82, 2.24) is 29.7 Å². The van der Waals surface area contributed by atoms with Crippen LogP contribution in [0.2, 0.25) is 0 Å². The molecular formula is C32H32N6O2. The number of likely N-dealkylation sites (tertiary alicyclic amines) is 2. The molecule has 40 heavy (non-hydrogen) atoms. The number of rotatable bonds is 4. The monoisotopic (exact) mass is 532 g/mol. The van der Waals surface area contributed by atoms with Gasteiger partial charge in [0.2, 0.25) is 0 Å². The van der Waals surface area contributed by atoms with Gasteiger partial charge in [-0.1, -0.05) is 24.3 Å². The molecule has 4 heterocycles. The third kappa shape index (κ3) is 4.63. The van der Waals surface area contributed by atoms with Crippen molar-refractivity contribution in [2.45, 2.75) is 37.5 Å². The molecule has 202 valence electrons. The summed E-state index contributed by atoms with van der Waals surface area (Å²) in [5.41, 5.74) is 5.34. The highest BCUT2D eigenvalue weighted by Crippen LogP contribution is 2.30. The molecule has 0 spiro atoms. The molecule has 2 fully saturated rings. The standard InChI is InChI=1S/C32H32N6O2/c39-31(37-17-13-21(14-18-37)29-33-25-5-1-2-6-26(25)34-29)23-9-11-24(12-10-23)32(40)38-19-15-22(16-20-38)30-35-27-7-3-4-8-28(27)36-30/h1-12,21-22H,13-20H2,(H,33,34)(H,35,36). The number of aromatic nitrogens is 4. The summed E-state index contributed by atoms with van der Waals surface area (Å²) in [7, 11) is 0. The number of hydrogen-bond donors (Lipinski definition) is 2. The molecule has 0 saturated carbocycles. The second-order valence-corrected chi connectivity index (χ2v) is 11.0. The number of imidazole rings is 2. The van der Waals surface area contributed by atoms with E-state index < -0.39 is 0 Å². The van der Waals surface area contributed by atoms with Crippen molar-refractivity contribution in [3.05, 3.63) is 95.6 Å². The van der Waals surface area contributed by atoms with Crippen molar-refractivity contribution in [2.75, 3.05) is 26.2 Å². The zero-order valence-electron chi connectivity index (χ0n) is 22.3. The highest BCUT2D eigenvalue weighted by Gasteiger charge is 2.28. The Morgan fingerprint density at radius 1 is 0.575 bits per heavy atom. The van der Waals surface area contributed by atoms with Gasteiger partial charge in [-0.2, -0.15) is 0 Å². The predicted molar refractivity (Wildman–Crippen MR) is 154 cm³/mol. The average Bonchev–Trinajstić information content (AvgIpc) is 3.65. The lowest BCUT2D eigenvalue weighted by molar-refractivity contribution is 0.0699. The Labute approximate surface area is 232 Å². The molecular weight excluding hydrogens is 500 g/mol. The van der Waals surface area contributed by atoms with Gasteiger partial charge in [0.1, 0.15) is 11.6 Å². The Morgan fingerprint density at radius 2 is 0.950 bits per heavy atom. The van der Waals surface area contributed by atoms with Crippen LogP contribution in [0.4, 0.5) is 0 Å². The predicted octanol–water partition coefficient (Wildman–Crippen LogP) is 5.48. The molecule has 2 aliphatic rings. The maximum atomic E-state index is 13.2. The highest BCUT2D eigenvalue weighted by molar-refractivity contribution is 5.98. The van der Waals surface area contributed by atoms with Crippen LogP contribution in [0, 0.1) is 0 Å². The number of aromatic amines is 2. The number of nitrogens with one attached hydrogen (secondary N) is 2. The molecule has 2 aromatic heterocycles. The molecule has 8 nitrogen and oxygen atoms in total. The van der Waals surface area contributed by atoms with E-state index in [0.717, 1.165) is 59.4 Å². The quantitative estimate of drug-likeness (QED) is 0.320. The van der Waals surface area contributed by atoms with Gasteiger partial charge in [0.15, 0.2) is 0 Å². The van der Waals surface area contributed by atoms with E-state index in [4.69, 9.17) is 9.97 Å². The maximum Gasteiger partial charge on any atom is 0.253 e. The summed E-state index contributed by atoms with van der Waals surface area (Å²) in [6.07, 6.45) is 3.52. The largest absolute Gasteiger partial charge is 0.342 e. The zero-order valence-corrected chi connectivity index (χ0v) is 22.3. The Morgan fingerprint density at radius 3 is 1.32 bits per heavy atom. The summed E-state index contributed by atoms with van der Waals surface area (Å²) in [4.78, 5) is 46.6. The number of piperidine rings is 2. The number of carbonyl (C=O) groups is 2. The Bertz CT molecular complexity index is 1480. The first-order chi connectivity index (χ1) is 19.6. The molecule has 2 saturated heterocycles. The molecule has 8 heteroatoms. The molecule has 0 aliphatic carbocycles. The van der Waals surface area contributed by atoms with E-state index in [2.05, 4.69) is 9.97 Å². The normalized spacial score (nSPS) is 17.1. The SMILES string of the molecule is O=C(c1ccc(C(=O)N2CCC(c3nc4ccccc4[nH]3)CC2)cc1)N1CCC(c2nc3ccccc3[nH]2)CC1. The number of benzene rings is 3. The zero-order chi connectivity index (χ0) is 27.1. The van der Waals surface area contributed by atoms with Crippen LogP contribution >= 0.6 is 0 Å². The van der Waals surface area contributed by atoms with Crippen molar-refractivity contribution < 1.29 is 9.59 Å². The molecule has 5 aromatic rings. The number of hydrogen-bond acceptors (Lipinski definition) is 4. The van der Waals surface area contributed by atoms with E-state index in [9.17, 15) is 9.59 Å². The van der Waals surface area contributed by atoms with Gasteiger partial charge in [0.25, 0.3) is 11.8 Å². The van der Waals surface area contributed by atoms with Crippen LogP contribution < -0.4 is 0 Å². The Balaban J connectivity index is 0.937. The first kappa shape index (κ1) is 24.6. The van der Waals surface area contributed by atoms with E-state index in [-0.39, 0.29) is 11.8 Å². The fourth-order valence-electron chi connectivity index (χ4n) is 6.16. The van der Waals surface area contributed by atoms with E-state index >= 15 is 0 Å². The van der Waals surface area contributed by atoms with Crippen LogP contribution in [0.3, 0.4) is 0 Å². The number of H-pyrrole nitrogens is 2. The maximum absolute atomic E-state index is 13.2. The Kier molecular flexibility index (Phi) is 6.30. The smallest absolute Gasteiger partial charge is 0.253 e. The second kappa shape index (κ2) is 10.3. The van der Waals surface area contributed by atoms with Crippen LogP contribution in [0.25, 0.3) is 22.1 Å². The minimum absolute atomic E-state index is 0.0219. The molecule has 0 unspecified atom stereocenters. The van der Waals surface area contributed by atoms with Crippen LogP contribution in [-0.2, 0) is 0 Å². The lowest BCUT2D eigenvalue weighted by atomic mass is 9.95. The first-order valence-electron chi connectivity index (χ1n) is 14.2. The number of amides is 2. The molecule has 0 atom stereocenters. The molecule has 7 rings (SSSR count). The highest BCUT2D eigenvalue weighted by atomic mass is 16.2. The molecule has 2 amide bonds. The van der Waals surface area contributed by atoms with Crippen LogP contribution in [0.15, 0.2) is 72.8 Å². The van der Waals surface area contributed by atoms with E-state index in [0.29, 0.717) is 49.1 Å². The number of carbonyl (C=O) groups excluding carboxylic acids is 2. The number of nitrogens with zero attached hydrogens (tertiary/aromatic N) is 4. The van der Waals surface area contributed by atoms with Gasteiger partial charge in [0, 0.05) is 49.1 Å². The number of para-hydroxylation sites is 4. The summed E-state index contributed by atoms with van der Waals surface area (Å²) in [6.45, 7) is 2.78. The van der Waals surface area contributed by atoms with Gasteiger partial charge in [-0.15, -0.1) is 0 Å². The number of fused-ring (bicyclic) bond motifs is 2. The average molecular weight is 533 g/mol. The summed E-state index contributed by atoms with van der Waals surface area (Å²) in [5.74, 6) is 2.72.